The lowest BCUT2D eigenvalue weighted by Gasteiger charge is -1.79. The van der Waals surface area contributed by atoms with Crippen LogP contribution in [-0.2, 0) is 0 Å². The molecule has 2 rings (SSSR count). The van der Waals surface area contributed by atoms with Crippen LogP contribution in [0.25, 0.3) is 0 Å². The van der Waals surface area contributed by atoms with Gasteiger partial charge in [-0.3, -0.25) is 0 Å². The van der Waals surface area contributed by atoms with Crippen molar-refractivity contribution in [3.63, 3.8) is 0 Å². The Hall–Kier alpha value is -1.41. The summed E-state index contributed by atoms with van der Waals surface area (Å²) < 4.78 is 0. The van der Waals surface area contributed by atoms with Crippen molar-refractivity contribution in [1.29, 1.82) is 0 Å². The van der Waals surface area contributed by atoms with Gasteiger partial charge in [0.25, 0.3) is 0 Å². The maximum absolute atomic E-state index is 2.92. The zero-order valence-corrected chi connectivity index (χ0v) is 9.64. The number of hydrogen-bond acceptors (Lipinski definition) is 1. The molecule has 15 heavy (non-hydrogen) atoms. The van der Waals surface area contributed by atoms with E-state index in [0.717, 1.165) is 6.42 Å². The van der Waals surface area contributed by atoms with E-state index in [1.54, 1.807) is 0 Å². The second kappa shape index (κ2) is 10.7. The predicted octanol–water partition coefficient (Wildman–Crippen LogP) is 3.34. The van der Waals surface area contributed by atoms with Gasteiger partial charge >= 0.3 is 0 Å². The number of rotatable bonds is 0. The monoisotopic (exact) mass is 219 g/mol. The van der Waals surface area contributed by atoms with E-state index < -0.39 is 0 Å². The average molecular weight is 219 g/mol. The molecule has 0 aromatic heterocycles. The summed E-state index contributed by atoms with van der Waals surface area (Å²) in [7, 11) is 0. The first kappa shape index (κ1) is 13.6. The van der Waals surface area contributed by atoms with Crippen LogP contribution in [0.3, 0.4) is 0 Å². The van der Waals surface area contributed by atoms with Gasteiger partial charge in [-0.25, -0.2) is 0 Å². The predicted molar refractivity (Wildman–Crippen MR) is 73.0 cm³/mol. The van der Waals surface area contributed by atoms with Crippen LogP contribution < -0.4 is 5.32 Å². The molecule has 0 aromatic carbocycles. The van der Waals surface area contributed by atoms with Gasteiger partial charge < -0.3 is 5.32 Å². The minimum Gasteiger partial charge on any atom is -0.368 e. The Bertz CT molecular complexity index is 246. The third-order valence-corrected chi connectivity index (χ3v) is 1.60. The summed E-state index contributed by atoms with van der Waals surface area (Å²) in [5.41, 5.74) is 0. The first-order chi connectivity index (χ1) is 7.00. The molecule has 0 bridgehead atoms. The quantitative estimate of drug-likeness (QED) is 0.659. The minimum absolute atomic E-state index is 0. The fourth-order valence-corrected chi connectivity index (χ4v) is 0.927. The minimum atomic E-state index is 0. The van der Waals surface area contributed by atoms with E-state index in [1.165, 1.54) is 0 Å². The summed E-state index contributed by atoms with van der Waals surface area (Å²) in [4.78, 5) is 0. The zero-order valence-electron chi connectivity index (χ0n) is 8.64. The van der Waals surface area contributed by atoms with E-state index in [0.29, 0.717) is 0 Å². The highest BCUT2D eigenvalue weighted by atomic mass is 32.1. The summed E-state index contributed by atoms with van der Waals surface area (Å²) in [5, 5.41) is 2.92. The normalized spacial score (nSPS) is 15.5. The molecule has 0 unspecified atom stereocenters. The van der Waals surface area contributed by atoms with E-state index in [9.17, 15) is 0 Å². The molecule has 1 N–H and O–H groups in total. The van der Waals surface area contributed by atoms with Gasteiger partial charge in [-0.15, -0.1) is 0 Å². The average Bonchev–Trinajstić information content (AvgIpc) is 2.68. The summed E-state index contributed by atoms with van der Waals surface area (Å²) in [6.45, 7) is 0. The molecular formula is C13H17NS. The van der Waals surface area contributed by atoms with Crippen LogP contribution in [0.15, 0.2) is 73.2 Å². The fourth-order valence-electron chi connectivity index (χ4n) is 0.927. The lowest BCUT2D eigenvalue weighted by Crippen LogP contribution is -1.87. The summed E-state index contributed by atoms with van der Waals surface area (Å²) in [6.07, 6.45) is 25.1. The van der Waals surface area contributed by atoms with Crippen molar-refractivity contribution in [3.05, 3.63) is 73.2 Å². The number of hydrogen-bond donors (Lipinski definition) is 1. The summed E-state index contributed by atoms with van der Waals surface area (Å²) in [5.74, 6) is 0. The Morgan fingerprint density at radius 1 is 0.600 bits per heavy atom. The van der Waals surface area contributed by atoms with E-state index in [2.05, 4.69) is 29.6 Å². The standard InChI is InChI=1S/C7H8.C6H7N.H2S/c2*1-2-4-6-7-5-3-1;/h1-6H,7H2;1-7H;1H2. The van der Waals surface area contributed by atoms with E-state index in [1.807, 2.05) is 48.9 Å². The van der Waals surface area contributed by atoms with Gasteiger partial charge in [0.2, 0.25) is 0 Å². The Kier molecular flexibility index (Phi) is 9.67. The molecule has 0 spiro atoms. The fraction of sp³-hybridized carbons (Fsp3) is 0.0769. The zero-order chi connectivity index (χ0) is 9.90. The van der Waals surface area contributed by atoms with Crippen molar-refractivity contribution in [2.24, 2.45) is 0 Å². The third-order valence-electron chi connectivity index (χ3n) is 1.60. The van der Waals surface area contributed by atoms with Crippen LogP contribution in [0.4, 0.5) is 0 Å². The Labute approximate surface area is 98.7 Å². The molecule has 1 aliphatic heterocycles. The third kappa shape index (κ3) is 8.91. The lowest BCUT2D eigenvalue weighted by molar-refractivity contribution is 1.20. The molecule has 0 amide bonds. The Balaban J connectivity index is 0.000000245. The topological polar surface area (TPSA) is 12.0 Å². The lowest BCUT2D eigenvalue weighted by atomic mass is 10.4. The summed E-state index contributed by atoms with van der Waals surface area (Å²) >= 11 is 0. The van der Waals surface area contributed by atoms with Crippen LogP contribution in [0, 0.1) is 0 Å². The maximum Gasteiger partial charge on any atom is 0.000442 e. The molecule has 0 fully saturated rings. The molecule has 2 heteroatoms. The van der Waals surface area contributed by atoms with Gasteiger partial charge in [0.15, 0.2) is 0 Å². The van der Waals surface area contributed by atoms with Gasteiger partial charge in [-0.05, 0) is 18.6 Å². The van der Waals surface area contributed by atoms with Crippen LogP contribution in [0.2, 0.25) is 0 Å². The van der Waals surface area contributed by atoms with Crippen molar-refractivity contribution in [3.8, 4) is 0 Å². The van der Waals surface area contributed by atoms with E-state index in [4.69, 9.17) is 0 Å². The maximum atomic E-state index is 2.92. The Morgan fingerprint density at radius 3 is 1.60 bits per heavy atom. The van der Waals surface area contributed by atoms with Crippen molar-refractivity contribution < 1.29 is 0 Å². The largest absolute Gasteiger partial charge is 0.368 e. The van der Waals surface area contributed by atoms with Crippen molar-refractivity contribution in [2.45, 2.75) is 6.42 Å². The number of allylic oxidation sites excluding steroid dienone is 10. The molecule has 1 nitrogen and oxygen atoms in total. The molecule has 2 aliphatic rings. The molecule has 0 saturated carbocycles. The number of nitrogens with one attached hydrogen (secondary N) is 1. The van der Waals surface area contributed by atoms with Crippen LogP contribution in [0.1, 0.15) is 6.42 Å². The second-order valence-electron chi connectivity index (χ2n) is 2.75. The summed E-state index contributed by atoms with van der Waals surface area (Å²) in [6, 6.07) is 0. The second-order valence-corrected chi connectivity index (χ2v) is 2.75. The van der Waals surface area contributed by atoms with Gasteiger partial charge in [-0.1, -0.05) is 48.6 Å². The SMILES string of the molecule is C1=CC=CCC=C1.C1=CC=CNC=C1.S. The molecular weight excluding hydrogens is 202 g/mol. The van der Waals surface area contributed by atoms with Crippen LogP contribution in [-0.4, -0.2) is 0 Å². The van der Waals surface area contributed by atoms with Crippen molar-refractivity contribution in [1.82, 2.24) is 5.32 Å². The molecule has 0 atom stereocenters. The van der Waals surface area contributed by atoms with Gasteiger partial charge in [-0.2, -0.15) is 13.5 Å². The van der Waals surface area contributed by atoms with Gasteiger partial charge in [0.1, 0.15) is 0 Å². The molecule has 0 aromatic rings. The van der Waals surface area contributed by atoms with E-state index >= 15 is 0 Å². The van der Waals surface area contributed by atoms with Crippen molar-refractivity contribution >= 4 is 13.5 Å². The smallest absolute Gasteiger partial charge is 0.000442 e. The molecule has 0 radical (unpaired) electrons. The molecule has 80 valence electrons. The first-order valence-corrected chi connectivity index (χ1v) is 4.73. The van der Waals surface area contributed by atoms with Gasteiger partial charge in [0, 0.05) is 12.4 Å². The first-order valence-electron chi connectivity index (χ1n) is 4.73. The molecule has 1 heterocycles. The molecule has 1 aliphatic carbocycles. The highest BCUT2D eigenvalue weighted by Crippen LogP contribution is 1.92. The van der Waals surface area contributed by atoms with E-state index in [-0.39, 0.29) is 13.5 Å². The van der Waals surface area contributed by atoms with Crippen molar-refractivity contribution in [2.75, 3.05) is 0 Å². The highest BCUT2D eigenvalue weighted by Gasteiger charge is 1.70. The van der Waals surface area contributed by atoms with Gasteiger partial charge in [0.05, 0.1) is 0 Å². The van der Waals surface area contributed by atoms with Crippen LogP contribution in [0.5, 0.6) is 0 Å². The van der Waals surface area contributed by atoms with Crippen LogP contribution >= 0.6 is 13.5 Å². The molecule has 0 saturated heterocycles. The Morgan fingerprint density at radius 2 is 1.07 bits per heavy atom. The highest BCUT2D eigenvalue weighted by molar-refractivity contribution is 7.59.